The third-order valence-electron chi connectivity index (χ3n) is 3.90. The van der Waals surface area contributed by atoms with Gasteiger partial charge in [-0.1, -0.05) is 38.1 Å². The summed E-state index contributed by atoms with van der Waals surface area (Å²) in [7, 11) is 0.0985. The highest BCUT2D eigenvalue weighted by Gasteiger charge is 2.18. The molecule has 1 saturated carbocycles. The van der Waals surface area contributed by atoms with Crippen molar-refractivity contribution in [1.29, 1.82) is 0 Å². The second kappa shape index (κ2) is 5.91. The van der Waals surface area contributed by atoms with Crippen LogP contribution in [-0.4, -0.2) is 21.9 Å². The zero-order valence-corrected chi connectivity index (χ0v) is 10.8. The molecule has 2 rings (SSSR count). The number of rotatable bonds is 3. The zero-order chi connectivity index (χ0) is 9.64. The topological polar surface area (TPSA) is 9.23 Å². The van der Waals surface area contributed by atoms with E-state index in [9.17, 15) is 0 Å². The fraction of sp³-hybridized carbons (Fsp3) is 1.00. The maximum Gasteiger partial charge on any atom is 0.0558 e. The minimum absolute atomic E-state index is 0.0985. The van der Waals surface area contributed by atoms with Gasteiger partial charge in [0.1, 0.15) is 0 Å². The molecule has 0 amide bonds. The van der Waals surface area contributed by atoms with Crippen LogP contribution in [0.4, 0.5) is 0 Å². The van der Waals surface area contributed by atoms with Gasteiger partial charge in [0.15, 0.2) is 0 Å². The lowest BCUT2D eigenvalue weighted by Gasteiger charge is -2.26. The van der Waals surface area contributed by atoms with Crippen LogP contribution in [0.25, 0.3) is 0 Å². The predicted octanol–water partition coefficient (Wildman–Crippen LogP) is 2.68. The van der Waals surface area contributed by atoms with Crippen molar-refractivity contribution in [2.24, 2.45) is 5.92 Å². The van der Waals surface area contributed by atoms with Gasteiger partial charge < -0.3 is 4.74 Å². The highest BCUT2D eigenvalue weighted by atomic mass is 28.2. The van der Waals surface area contributed by atoms with Crippen molar-refractivity contribution in [2.45, 2.75) is 63.1 Å². The van der Waals surface area contributed by atoms with E-state index in [2.05, 4.69) is 0 Å². The summed E-state index contributed by atoms with van der Waals surface area (Å²) in [4.78, 5) is 0. The van der Waals surface area contributed by atoms with Crippen molar-refractivity contribution < 1.29 is 4.74 Å². The molecule has 2 heteroatoms. The first-order valence-electron chi connectivity index (χ1n) is 6.57. The van der Waals surface area contributed by atoms with E-state index in [1.807, 2.05) is 0 Å². The van der Waals surface area contributed by atoms with Gasteiger partial charge in [0.2, 0.25) is 0 Å². The van der Waals surface area contributed by atoms with Crippen LogP contribution in [0.2, 0.25) is 6.04 Å². The van der Waals surface area contributed by atoms with Gasteiger partial charge in [-0.15, -0.1) is 0 Å². The average molecular weight is 212 g/mol. The molecule has 1 saturated heterocycles. The van der Waals surface area contributed by atoms with Gasteiger partial charge in [-0.3, -0.25) is 0 Å². The fourth-order valence-corrected chi connectivity index (χ4v) is 5.26. The quantitative estimate of drug-likeness (QED) is 0.654. The number of hydrogen-bond donors (Lipinski definition) is 0. The lowest BCUT2D eigenvalue weighted by atomic mass is 9.91. The van der Waals surface area contributed by atoms with Gasteiger partial charge >= 0.3 is 0 Å². The largest absolute Gasteiger partial charge is 0.382 e. The minimum atomic E-state index is 0.0985. The van der Waals surface area contributed by atoms with Gasteiger partial charge in [-0.2, -0.15) is 0 Å². The number of ether oxygens (including phenoxy) is 1. The van der Waals surface area contributed by atoms with Crippen molar-refractivity contribution in [3.8, 4) is 0 Å². The Labute approximate surface area is 90.4 Å². The molecule has 82 valence electrons. The van der Waals surface area contributed by atoms with Crippen LogP contribution in [0.3, 0.4) is 0 Å². The van der Waals surface area contributed by atoms with Gasteiger partial charge in [-0.25, -0.2) is 0 Å². The molecule has 0 spiro atoms. The summed E-state index contributed by atoms with van der Waals surface area (Å²) in [6.45, 7) is 1.06. The van der Waals surface area contributed by atoms with Crippen molar-refractivity contribution >= 4 is 9.52 Å². The molecule has 2 fully saturated rings. The maximum atomic E-state index is 5.83. The van der Waals surface area contributed by atoms with E-state index >= 15 is 0 Å². The molecular formula is C12H24OSi. The Morgan fingerprint density at radius 1 is 0.929 bits per heavy atom. The third kappa shape index (κ3) is 3.39. The summed E-state index contributed by atoms with van der Waals surface area (Å²) in [6.07, 6.45) is 11.7. The van der Waals surface area contributed by atoms with Gasteiger partial charge in [0.05, 0.1) is 9.52 Å². The smallest absolute Gasteiger partial charge is 0.0558 e. The van der Waals surface area contributed by atoms with Gasteiger partial charge in [-0.05, 0) is 25.2 Å². The summed E-state index contributed by atoms with van der Waals surface area (Å²) in [5.74, 6) is 1.10. The Hall–Kier alpha value is 0.177. The van der Waals surface area contributed by atoms with E-state index < -0.39 is 0 Å². The van der Waals surface area contributed by atoms with E-state index in [0.29, 0.717) is 0 Å². The fourth-order valence-electron chi connectivity index (χ4n) is 2.93. The molecule has 0 N–H and O–H groups in total. The molecule has 0 aromatic heterocycles. The molecule has 1 aliphatic heterocycles. The second-order valence-electron chi connectivity index (χ2n) is 5.07. The van der Waals surface area contributed by atoms with E-state index in [1.165, 1.54) is 51.4 Å². The van der Waals surface area contributed by atoms with E-state index in [0.717, 1.165) is 18.3 Å². The molecule has 2 aliphatic rings. The molecule has 14 heavy (non-hydrogen) atoms. The molecule has 0 aromatic carbocycles. The zero-order valence-electron chi connectivity index (χ0n) is 9.34. The lowest BCUT2D eigenvalue weighted by molar-refractivity contribution is 0.0645. The molecule has 1 aliphatic carbocycles. The predicted molar refractivity (Wildman–Crippen MR) is 63.5 cm³/mol. The SMILES string of the molecule is C1CCC(C[SiH2]C2CCCCO2)CC1. The van der Waals surface area contributed by atoms with E-state index in [4.69, 9.17) is 4.74 Å². The molecule has 0 bridgehead atoms. The molecule has 0 radical (unpaired) electrons. The molecular weight excluding hydrogens is 188 g/mol. The summed E-state index contributed by atoms with van der Waals surface area (Å²) in [5, 5.41) is 0. The molecule has 1 unspecified atom stereocenters. The van der Waals surface area contributed by atoms with Crippen molar-refractivity contribution in [3.63, 3.8) is 0 Å². The van der Waals surface area contributed by atoms with Crippen molar-refractivity contribution in [2.75, 3.05) is 6.61 Å². The highest BCUT2D eigenvalue weighted by Crippen LogP contribution is 2.27. The summed E-state index contributed by atoms with van der Waals surface area (Å²) >= 11 is 0. The van der Waals surface area contributed by atoms with Crippen LogP contribution in [0.15, 0.2) is 0 Å². The minimum Gasteiger partial charge on any atom is -0.382 e. The third-order valence-corrected chi connectivity index (χ3v) is 6.33. The first kappa shape index (κ1) is 10.7. The molecule has 1 heterocycles. The molecule has 1 atom stereocenters. The van der Waals surface area contributed by atoms with E-state index in [-0.39, 0.29) is 9.52 Å². The second-order valence-corrected chi connectivity index (χ2v) is 7.14. The van der Waals surface area contributed by atoms with Crippen LogP contribution in [0.1, 0.15) is 51.4 Å². The van der Waals surface area contributed by atoms with E-state index in [1.54, 1.807) is 6.04 Å². The van der Waals surface area contributed by atoms with Crippen LogP contribution in [-0.2, 0) is 4.74 Å². The standard InChI is InChI=1S/C12H24OSi/c1-2-6-11(7-3-1)10-14-12-8-4-5-9-13-12/h11-12H,1-10,14H2. The first-order valence-corrected chi connectivity index (χ1v) is 8.38. The highest BCUT2D eigenvalue weighted by molar-refractivity contribution is 6.37. The van der Waals surface area contributed by atoms with Crippen LogP contribution >= 0.6 is 0 Å². The summed E-state index contributed by atoms with van der Waals surface area (Å²) < 4.78 is 5.83. The Bertz CT molecular complexity index is 130. The van der Waals surface area contributed by atoms with Crippen LogP contribution in [0.5, 0.6) is 0 Å². The maximum absolute atomic E-state index is 5.83. The van der Waals surface area contributed by atoms with Crippen molar-refractivity contribution in [3.05, 3.63) is 0 Å². The van der Waals surface area contributed by atoms with Gasteiger partial charge in [0.25, 0.3) is 0 Å². The molecule has 1 nitrogen and oxygen atoms in total. The Kier molecular flexibility index (Phi) is 4.51. The summed E-state index contributed by atoms with van der Waals surface area (Å²) in [5.41, 5.74) is 0.755. The Morgan fingerprint density at radius 2 is 1.71 bits per heavy atom. The Balaban J connectivity index is 1.60. The first-order chi connectivity index (χ1) is 6.95. The van der Waals surface area contributed by atoms with Gasteiger partial charge in [0, 0.05) is 12.3 Å². The summed E-state index contributed by atoms with van der Waals surface area (Å²) in [6, 6.07) is 1.57. The Morgan fingerprint density at radius 3 is 2.43 bits per heavy atom. The monoisotopic (exact) mass is 212 g/mol. The van der Waals surface area contributed by atoms with Crippen molar-refractivity contribution in [1.82, 2.24) is 0 Å². The van der Waals surface area contributed by atoms with Crippen LogP contribution in [0, 0.1) is 5.92 Å². The lowest BCUT2D eigenvalue weighted by Crippen LogP contribution is -2.27. The molecule has 0 aromatic rings. The number of hydrogen-bond acceptors (Lipinski definition) is 1. The average Bonchev–Trinajstić information content (AvgIpc) is 2.29. The normalized spacial score (nSPS) is 31.3. The van der Waals surface area contributed by atoms with Crippen LogP contribution < -0.4 is 0 Å².